The topological polar surface area (TPSA) is 36.9 Å². The smallest absolute Gasteiger partial charge is 0.173 e. The molecule has 4 nitrogen and oxygen atoms in total. The Kier molecular flexibility index (Phi) is 13.7. The summed E-state index contributed by atoms with van der Waals surface area (Å²) in [5, 5.41) is 0. The first-order valence-electron chi connectivity index (χ1n) is 11.6. The van der Waals surface area contributed by atoms with E-state index in [9.17, 15) is 0 Å². The maximum atomic E-state index is 5.61. The van der Waals surface area contributed by atoms with E-state index in [0.717, 1.165) is 22.3 Å². The van der Waals surface area contributed by atoms with Crippen LogP contribution in [0.1, 0.15) is 22.3 Å². The minimum Gasteiger partial charge on any atom is -0.496 e. The predicted molar refractivity (Wildman–Crippen MR) is 171 cm³/mol. The van der Waals surface area contributed by atoms with Crippen molar-refractivity contribution in [2.75, 3.05) is 0 Å². The monoisotopic (exact) mass is 676 g/mol. The average molecular weight is 677 g/mol. The third-order valence-electron chi connectivity index (χ3n) is 4.95. The van der Waals surface area contributed by atoms with Gasteiger partial charge in [0.25, 0.3) is 0 Å². The van der Waals surface area contributed by atoms with E-state index in [1.54, 1.807) is 0 Å². The molecular weight excluding hydrogens is 649 g/mol. The zero-order valence-corrected chi connectivity index (χ0v) is 27.8. The molecule has 0 spiro atoms. The Labute approximate surface area is 264 Å². The molecule has 0 fully saturated rings. The van der Waals surface area contributed by atoms with Crippen molar-refractivity contribution in [2.45, 2.75) is 27.7 Å². The summed E-state index contributed by atoms with van der Waals surface area (Å²) in [5.74, 6) is 2.60. The fourth-order valence-electron chi connectivity index (χ4n) is 2.95. The Bertz CT molecular complexity index is 1090. The summed E-state index contributed by atoms with van der Waals surface area (Å²) in [5.41, 5.74) is 4.63. The fourth-order valence-corrected chi connectivity index (χ4v) is 6.61. The molecule has 0 aliphatic rings. The van der Waals surface area contributed by atoms with Crippen LogP contribution >= 0.6 is 12.2 Å². The van der Waals surface area contributed by atoms with E-state index >= 15 is 0 Å². The predicted octanol–water partition coefficient (Wildman–Crippen LogP) is 9.06. The van der Waals surface area contributed by atoms with Gasteiger partial charge in [0, 0.05) is 16.5 Å². The quantitative estimate of drug-likeness (QED) is 0.104. The average Bonchev–Trinajstić information content (AvgIpc) is 2.85. The van der Waals surface area contributed by atoms with Crippen molar-refractivity contribution < 1.29 is 34.6 Å². The molecule has 0 unspecified atom stereocenters. The summed E-state index contributed by atoms with van der Waals surface area (Å²) < 4.78 is 22.4. The van der Waals surface area contributed by atoms with Crippen molar-refractivity contribution in [1.29, 1.82) is 0 Å². The van der Waals surface area contributed by atoms with Gasteiger partial charge in [-0.2, -0.15) is 0 Å². The van der Waals surface area contributed by atoms with Gasteiger partial charge in [0.05, 0.1) is 0 Å². The van der Waals surface area contributed by atoms with Crippen molar-refractivity contribution in [3.8, 4) is 23.0 Å². The Hall–Kier alpha value is -1.17. The standard InChI is InChI=1S/2C14H15O2PS2.Ni/c2*1-11-3-7-13(8-4-11)15-17(18,19)16-14-9-5-12(2)6-10-14;/h2*3-10H,1-2H3,(H,18,19);/p-2. The molecule has 4 aromatic carbocycles. The van der Waals surface area contributed by atoms with Gasteiger partial charge in [0.1, 0.15) is 12.2 Å². The summed E-state index contributed by atoms with van der Waals surface area (Å²) in [6.07, 6.45) is -5.50. The van der Waals surface area contributed by atoms with E-state index in [-0.39, 0.29) is 16.5 Å². The van der Waals surface area contributed by atoms with E-state index in [2.05, 4.69) is 0 Å². The van der Waals surface area contributed by atoms with Gasteiger partial charge in [-0.15, -0.1) is 0 Å². The van der Waals surface area contributed by atoms with Crippen LogP contribution in [0.4, 0.5) is 0 Å². The van der Waals surface area contributed by atoms with Crippen LogP contribution in [0.5, 0.6) is 23.0 Å². The molecule has 0 bridgehead atoms. The third kappa shape index (κ3) is 12.9. The summed E-state index contributed by atoms with van der Waals surface area (Å²) in [6.45, 7) is 8.04. The molecule has 0 saturated heterocycles. The number of hydrogen-bond donors (Lipinski definition) is 0. The Balaban J connectivity index is 0.000000267. The van der Waals surface area contributed by atoms with Gasteiger partial charge in [0.15, 0.2) is 23.0 Å². The second-order valence-electron chi connectivity index (χ2n) is 8.51. The van der Waals surface area contributed by atoms with Crippen LogP contribution in [-0.4, -0.2) is 0 Å². The molecule has 0 aliphatic heterocycles. The Morgan fingerprint density at radius 1 is 0.359 bits per heavy atom. The summed E-state index contributed by atoms with van der Waals surface area (Å²) >= 11 is 21.0. The first-order valence-corrected chi connectivity index (χ1v) is 18.9. The maximum Gasteiger partial charge on any atom is 0.173 e. The summed E-state index contributed by atoms with van der Waals surface area (Å²) in [6, 6.07) is 30.4. The SMILES string of the molecule is Cc1ccc(O[P+]([S-])([S-])Oc2ccc(C)cc2)cc1.Cc1ccc(O[P+]([S-])([S-])Oc2ccc(C)cc2)cc1.[Ni]. The van der Waals surface area contributed by atoms with Gasteiger partial charge >= 0.3 is 0 Å². The largest absolute Gasteiger partial charge is 0.496 e. The molecule has 0 saturated carbocycles. The zero-order chi connectivity index (χ0) is 27.8. The molecule has 0 amide bonds. The minimum atomic E-state index is -2.75. The molecule has 0 heterocycles. The minimum absolute atomic E-state index is 0. The van der Waals surface area contributed by atoms with Gasteiger partial charge in [0.2, 0.25) is 0 Å². The van der Waals surface area contributed by atoms with Crippen LogP contribution in [0.25, 0.3) is 0 Å². The van der Waals surface area contributed by atoms with Crippen LogP contribution in [0.2, 0.25) is 0 Å². The van der Waals surface area contributed by atoms with E-state index in [1.807, 2.05) is 125 Å². The van der Waals surface area contributed by atoms with Crippen molar-refractivity contribution in [3.05, 3.63) is 119 Å². The fraction of sp³-hybridized carbons (Fsp3) is 0.143. The molecule has 4 rings (SSSR count). The molecule has 0 atom stereocenters. The molecule has 0 radical (unpaired) electrons. The van der Waals surface area contributed by atoms with Crippen molar-refractivity contribution >= 4 is 61.2 Å². The number of aryl methyl sites for hydroxylation is 4. The second kappa shape index (κ2) is 15.7. The zero-order valence-electron chi connectivity index (χ0n) is 21.7. The molecule has 0 N–H and O–H groups in total. The summed E-state index contributed by atoms with van der Waals surface area (Å²) in [7, 11) is 0. The van der Waals surface area contributed by atoms with Crippen LogP contribution in [-0.2, 0) is 65.5 Å². The first kappa shape index (κ1) is 34.0. The van der Waals surface area contributed by atoms with Crippen LogP contribution < -0.4 is 18.1 Å². The van der Waals surface area contributed by atoms with Crippen molar-refractivity contribution in [2.24, 2.45) is 0 Å². The van der Waals surface area contributed by atoms with Crippen molar-refractivity contribution in [3.63, 3.8) is 0 Å². The summed E-state index contributed by atoms with van der Waals surface area (Å²) in [4.78, 5) is 0. The first-order chi connectivity index (χ1) is 17.9. The van der Waals surface area contributed by atoms with Gasteiger partial charge < -0.3 is 67.1 Å². The van der Waals surface area contributed by atoms with Crippen LogP contribution in [0, 0.1) is 27.7 Å². The van der Waals surface area contributed by atoms with Gasteiger partial charge in [-0.1, -0.05) is 70.8 Å². The van der Waals surface area contributed by atoms with E-state index < -0.39 is 12.2 Å². The molecular formula is C28H28NiO4P2S4-2. The molecule has 39 heavy (non-hydrogen) atoms. The molecule has 210 valence electrons. The molecule has 0 aliphatic carbocycles. The normalized spacial score (nSPS) is 10.9. The van der Waals surface area contributed by atoms with E-state index in [4.69, 9.17) is 67.1 Å². The maximum absolute atomic E-state index is 5.61. The second-order valence-corrected chi connectivity index (χ2v) is 18.2. The number of rotatable bonds is 8. The van der Waals surface area contributed by atoms with Gasteiger partial charge in [-0.3, -0.25) is 0 Å². The Morgan fingerprint density at radius 2 is 0.513 bits per heavy atom. The van der Waals surface area contributed by atoms with E-state index in [1.165, 1.54) is 0 Å². The third-order valence-corrected chi connectivity index (χ3v) is 8.48. The van der Waals surface area contributed by atoms with Gasteiger partial charge in [-0.25, -0.2) is 0 Å². The molecule has 11 heteroatoms. The number of hydrogen-bond acceptors (Lipinski definition) is 8. The van der Waals surface area contributed by atoms with Gasteiger partial charge in [-0.05, 0) is 76.2 Å². The van der Waals surface area contributed by atoms with Crippen LogP contribution in [0.3, 0.4) is 0 Å². The number of benzene rings is 4. The van der Waals surface area contributed by atoms with Crippen LogP contribution in [0.15, 0.2) is 97.1 Å². The van der Waals surface area contributed by atoms with Crippen molar-refractivity contribution in [1.82, 2.24) is 0 Å². The molecule has 0 aromatic heterocycles. The molecule has 4 aromatic rings. The van der Waals surface area contributed by atoms with E-state index in [0.29, 0.717) is 23.0 Å². The Morgan fingerprint density at radius 3 is 0.667 bits per heavy atom.